The average molecular weight is 923 g/mol. The monoisotopic (exact) mass is 922 g/mol. The van der Waals surface area contributed by atoms with Crippen LogP contribution in [-0.2, 0) is 40.4 Å². The minimum absolute atomic E-state index is 0.00227. The zero-order valence-corrected chi connectivity index (χ0v) is 38.1. The Kier molecular flexibility index (Phi) is 11.8. The van der Waals surface area contributed by atoms with Crippen LogP contribution < -0.4 is 20.7 Å². The molecule has 20 nitrogen and oxygen atoms in total. The SMILES string of the molecule is CCn1nc(C2CC2)cc1Nc1nc(C(=O)NCCCn2cnc(COCCCc3cccc4c3C(=O)N(C3CCC(=O)NC3=O)C4=O)c2)nc2[nH]c3cc(-c4c(C)noc4C)c(OC)cc3c12. The molecule has 1 saturated carbocycles. The maximum atomic E-state index is 13.8. The number of hydrogen-bond donors (Lipinski definition) is 4. The number of aromatic nitrogens is 8. The second-order valence-corrected chi connectivity index (χ2v) is 17.4. The van der Waals surface area contributed by atoms with Crippen LogP contribution in [-0.4, -0.2) is 100 Å². The van der Waals surface area contributed by atoms with Gasteiger partial charge in [-0.3, -0.25) is 34.2 Å². The first-order valence-electron chi connectivity index (χ1n) is 22.9. The number of aryl methyl sites for hydroxylation is 5. The number of amides is 5. The lowest BCUT2D eigenvalue weighted by atomic mass is 9.99. The van der Waals surface area contributed by atoms with Gasteiger partial charge in [-0.15, -0.1) is 0 Å². The maximum absolute atomic E-state index is 13.8. The van der Waals surface area contributed by atoms with Gasteiger partial charge in [0.05, 0.1) is 59.2 Å². The summed E-state index contributed by atoms with van der Waals surface area (Å²) in [6.07, 6.45) is 7.67. The molecular weight excluding hydrogens is 873 g/mol. The second-order valence-electron chi connectivity index (χ2n) is 17.4. The number of imidazole rings is 1. The van der Waals surface area contributed by atoms with Crippen molar-refractivity contribution in [2.75, 3.05) is 25.6 Å². The Labute approximate surface area is 389 Å². The van der Waals surface area contributed by atoms with E-state index in [-0.39, 0.29) is 30.8 Å². The Morgan fingerprint density at radius 1 is 1.00 bits per heavy atom. The predicted octanol–water partition coefficient (Wildman–Crippen LogP) is 5.80. The van der Waals surface area contributed by atoms with Crippen LogP contribution in [0.5, 0.6) is 5.75 Å². The van der Waals surface area contributed by atoms with E-state index in [1.807, 2.05) is 48.3 Å². The Balaban J connectivity index is 0.765. The van der Waals surface area contributed by atoms with Crippen LogP contribution in [0.25, 0.3) is 33.1 Å². The Bertz CT molecular complexity index is 3140. The number of imide groups is 2. The molecule has 2 aromatic carbocycles. The van der Waals surface area contributed by atoms with E-state index < -0.39 is 35.6 Å². The van der Waals surface area contributed by atoms with Crippen molar-refractivity contribution in [1.29, 1.82) is 0 Å². The summed E-state index contributed by atoms with van der Waals surface area (Å²) in [5.74, 6) is 0.442. The molecule has 2 fully saturated rings. The summed E-state index contributed by atoms with van der Waals surface area (Å²) in [4.78, 5) is 83.0. The van der Waals surface area contributed by atoms with E-state index in [4.69, 9.17) is 29.1 Å². The highest BCUT2D eigenvalue weighted by Crippen LogP contribution is 2.43. The Morgan fingerprint density at radius 2 is 1.85 bits per heavy atom. The maximum Gasteiger partial charge on any atom is 0.289 e. The number of carbonyl (C=O) groups excluding carboxylic acids is 5. The number of fused-ring (bicyclic) bond motifs is 4. The lowest BCUT2D eigenvalue weighted by Gasteiger charge is -2.27. The number of rotatable bonds is 18. The molecule has 1 unspecified atom stereocenters. The van der Waals surface area contributed by atoms with Crippen LogP contribution in [0.1, 0.15) is 111 Å². The molecule has 3 aliphatic rings. The summed E-state index contributed by atoms with van der Waals surface area (Å²) >= 11 is 0. The fourth-order valence-corrected chi connectivity index (χ4v) is 9.21. The van der Waals surface area contributed by atoms with Gasteiger partial charge in [-0.1, -0.05) is 17.3 Å². The van der Waals surface area contributed by atoms with Crippen LogP contribution in [0.3, 0.4) is 0 Å². The quantitative estimate of drug-likeness (QED) is 0.0588. The number of H-pyrrole nitrogens is 1. The standard InChI is InChI=1S/C48H50N12O8/c1-5-59-37(21-33(56-59)27-12-13-27)52-43-41-31-20-36(66-4)32(39-25(2)57-68-26(39)3)19-34(31)51-42(41)54-44(55-43)46(63)49-16-8-17-58-22-29(50-24-58)23-67-18-7-10-28-9-6-11-30-40(28)48(65)60(47(30)64)35-14-15-38(61)53-45(35)62/h6,9,11,19-22,24,27,35H,5,7-8,10,12-18,23H2,1-4H3,(H,49,63)(H,53,61,62)(H2,51,52,54,55). The van der Waals surface area contributed by atoms with Gasteiger partial charge in [0, 0.05) is 67.3 Å². The number of nitrogens with one attached hydrogen (secondary N) is 4. The Morgan fingerprint density at radius 3 is 2.62 bits per heavy atom. The number of benzene rings is 2. The molecule has 0 spiro atoms. The highest BCUT2D eigenvalue weighted by atomic mass is 16.5. The fourth-order valence-electron chi connectivity index (χ4n) is 9.21. The van der Waals surface area contributed by atoms with Crippen molar-refractivity contribution in [2.45, 2.75) is 97.4 Å². The number of piperidine rings is 1. The van der Waals surface area contributed by atoms with E-state index in [0.717, 1.165) is 62.7 Å². The Hall–Kier alpha value is -7.74. The summed E-state index contributed by atoms with van der Waals surface area (Å²) < 4.78 is 21.1. The van der Waals surface area contributed by atoms with Crippen LogP contribution >= 0.6 is 0 Å². The smallest absolute Gasteiger partial charge is 0.289 e. The van der Waals surface area contributed by atoms with Crippen molar-refractivity contribution in [1.82, 2.24) is 55.0 Å². The van der Waals surface area contributed by atoms with Gasteiger partial charge in [0.2, 0.25) is 17.6 Å². The molecule has 20 heteroatoms. The molecule has 68 heavy (non-hydrogen) atoms. The summed E-state index contributed by atoms with van der Waals surface area (Å²) in [6.45, 7) is 8.03. The van der Waals surface area contributed by atoms with Crippen LogP contribution in [0.2, 0.25) is 0 Å². The third-order valence-electron chi connectivity index (χ3n) is 12.7. The van der Waals surface area contributed by atoms with E-state index in [9.17, 15) is 24.0 Å². The number of anilines is 2. The summed E-state index contributed by atoms with van der Waals surface area (Å²) in [5.41, 5.74) is 6.66. The molecule has 0 radical (unpaired) electrons. The van der Waals surface area contributed by atoms with Crippen LogP contribution in [0.4, 0.5) is 11.6 Å². The number of nitrogens with zero attached hydrogens (tertiary/aromatic N) is 8. The van der Waals surface area contributed by atoms with Gasteiger partial charge in [-0.05, 0) is 83.1 Å². The molecule has 7 heterocycles. The van der Waals surface area contributed by atoms with Gasteiger partial charge in [0.15, 0.2) is 0 Å². The van der Waals surface area contributed by atoms with Crippen molar-refractivity contribution in [3.05, 3.63) is 94.3 Å². The first-order valence-corrected chi connectivity index (χ1v) is 22.9. The van der Waals surface area contributed by atoms with E-state index in [0.29, 0.717) is 90.9 Å². The predicted molar refractivity (Wildman–Crippen MR) is 246 cm³/mol. The van der Waals surface area contributed by atoms with Gasteiger partial charge in [0.25, 0.3) is 17.7 Å². The molecule has 5 aromatic heterocycles. The first-order chi connectivity index (χ1) is 33.0. The highest BCUT2D eigenvalue weighted by molar-refractivity contribution is 6.24. The van der Waals surface area contributed by atoms with E-state index in [1.165, 1.54) is 0 Å². The third kappa shape index (κ3) is 8.35. The zero-order chi connectivity index (χ0) is 47.2. The molecule has 0 bridgehead atoms. The third-order valence-corrected chi connectivity index (χ3v) is 12.7. The molecule has 5 amide bonds. The number of carbonyl (C=O) groups is 5. The molecular formula is C48H50N12O8. The van der Waals surface area contributed by atoms with Crippen molar-refractivity contribution in [2.24, 2.45) is 0 Å². The summed E-state index contributed by atoms with van der Waals surface area (Å²) in [5, 5.41) is 19.2. The van der Waals surface area contributed by atoms with E-state index >= 15 is 0 Å². The van der Waals surface area contributed by atoms with Crippen molar-refractivity contribution >= 4 is 63.1 Å². The fraction of sp³-hybridized carbons (Fsp3) is 0.375. The second kappa shape index (κ2) is 18.2. The molecule has 2 aliphatic heterocycles. The molecule has 4 N–H and O–H groups in total. The number of methoxy groups -OCH3 is 1. The van der Waals surface area contributed by atoms with E-state index in [1.54, 1.807) is 31.6 Å². The average Bonchev–Trinajstić information content (AvgIpc) is 3.54. The summed E-state index contributed by atoms with van der Waals surface area (Å²) in [6, 6.07) is 10.1. The summed E-state index contributed by atoms with van der Waals surface area (Å²) in [7, 11) is 1.62. The van der Waals surface area contributed by atoms with Gasteiger partial charge in [0.1, 0.15) is 34.8 Å². The normalized spacial score (nSPS) is 16.0. The van der Waals surface area contributed by atoms with Gasteiger partial charge in [-0.2, -0.15) is 5.10 Å². The van der Waals surface area contributed by atoms with E-state index in [2.05, 4.69) is 37.1 Å². The van der Waals surface area contributed by atoms with Crippen molar-refractivity contribution < 1.29 is 38.0 Å². The zero-order valence-electron chi connectivity index (χ0n) is 38.1. The molecule has 1 atom stereocenters. The van der Waals surface area contributed by atoms with Gasteiger partial charge >= 0.3 is 0 Å². The van der Waals surface area contributed by atoms with Crippen molar-refractivity contribution in [3.8, 4) is 16.9 Å². The number of aromatic amines is 1. The molecule has 7 aromatic rings. The molecule has 1 saturated heterocycles. The number of ether oxygens (including phenoxy) is 2. The lowest BCUT2D eigenvalue weighted by Crippen LogP contribution is -2.54. The molecule has 10 rings (SSSR count). The van der Waals surface area contributed by atoms with Crippen molar-refractivity contribution in [3.63, 3.8) is 0 Å². The highest BCUT2D eigenvalue weighted by Gasteiger charge is 2.45. The van der Waals surface area contributed by atoms with Crippen LogP contribution in [0.15, 0.2) is 53.4 Å². The van der Waals surface area contributed by atoms with Gasteiger partial charge in [-0.25, -0.2) is 19.6 Å². The first kappa shape index (κ1) is 44.1. The van der Waals surface area contributed by atoms with Gasteiger partial charge < -0.3 is 34.2 Å². The minimum atomic E-state index is -1.01. The number of hydrogen-bond acceptors (Lipinski definition) is 14. The largest absolute Gasteiger partial charge is 0.496 e. The molecule has 350 valence electrons. The minimum Gasteiger partial charge on any atom is -0.496 e. The molecule has 1 aliphatic carbocycles. The lowest BCUT2D eigenvalue weighted by molar-refractivity contribution is -0.136. The topological polar surface area (TPSA) is 246 Å². The van der Waals surface area contributed by atoms with Crippen LogP contribution in [0, 0.1) is 13.8 Å².